The minimum atomic E-state index is -0.939. The largest absolute Gasteiger partial charge is 0.330 e. The molecule has 26 heavy (non-hydrogen) atoms. The zero-order valence-electron chi connectivity index (χ0n) is 13.7. The lowest BCUT2D eigenvalue weighted by molar-refractivity contribution is 0.509. The minimum absolute atomic E-state index is 0.180. The van der Waals surface area contributed by atoms with Gasteiger partial charge in [0.15, 0.2) is 17.3 Å². The second kappa shape index (κ2) is 6.14. The fraction of sp³-hybridized carbons (Fsp3) is 0.111. The van der Waals surface area contributed by atoms with Crippen molar-refractivity contribution >= 4 is 11.2 Å². The SMILES string of the molecule is Cn1c(=O)n(Cc2ncccn2)c2cc(-c3ccc(F)c(F)c3)cnc21. The maximum atomic E-state index is 13.5. The van der Waals surface area contributed by atoms with Gasteiger partial charge in [0.2, 0.25) is 0 Å². The van der Waals surface area contributed by atoms with Crippen molar-refractivity contribution in [2.75, 3.05) is 0 Å². The normalized spacial score (nSPS) is 11.2. The van der Waals surface area contributed by atoms with Gasteiger partial charge < -0.3 is 0 Å². The molecule has 0 saturated heterocycles. The second-order valence-electron chi connectivity index (χ2n) is 5.79. The van der Waals surface area contributed by atoms with Gasteiger partial charge in [0.25, 0.3) is 0 Å². The lowest BCUT2D eigenvalue weighted by Crippen LogP contribution is -2.23. The highest BCUT2D eigenvalue weighted by Crippen LogP contribution is 2.24. The molecule has 0 atom stereocenters. The Morgan fingerprint density at radius 1 is 1.00 bits per heavy atom. The van der Waals surface area contributed by atoms with E-state index in [1.807, 2.05) is 0 Å². The molecule has 0 amide bonds. The zero-order valence-corrected chi connectivity index (χ0v) is 13.7. The average Bonchev–Trinajstić information content (AvgIpc) is 2.89. The molecule has 0 radical (unpaired) electrons. The van der Waals surface area contributed by atoms with Gasteiger partial charge in [-0.25, -0.2) is 28.5 Å². The van der Waals surface area contributed by atoms with Gasteiger partial charge in [-0.15, -0.1) is 0 Å². The molecular weight excluding hydrogens is 340 g/mol. The van der Waals surface area contributed by atoms with Crippen LogP contribution in [0.3, 0.4) is 0 Å². The number of pyridine rings is 1. The highest BCUT2D eigenvalue weighted by atomic mass is 19.2. The van der Waals surface area contributed by atoms with E-state index in [1.54, 1.807) is 31.6 Å². The molecule has 0 aliphatic heterocycles. The molecule has 0 aliphatic rings. The monoisotopic (exact) mass is 353 g/mol. The molecule has 0 bridgehead atoms. The Morgan fingerprint density at radius 3 is 2.50 bits per heavy atom. The predicted octanol–water partition coefficient (Wildman–Crippen LogP) is 2.52. The van der Waals surface area contributed by atoms with Crippen molar-refractivity contribution in [1.82, 2.24) is 24.1 Å². The average molecular weight is 353 g/mol. The quantitative estimate of drug-likeness (QED) is 0.568. The molecule has 0 spiro atoms. The summed E-state index contributed by atoms with van der Waals surface area (Å²) in [5.74, 6) is -1.37. The summed E-state index contributed by atoms with van der Waals surface area (Å²) in [5, 5.41) is 0. The van der Waals surface area contributed by atoms with Gasteiger partial charge in [0.1, 0.15) is 5.82 Å². The number of aromatic nitrogens is 5. The highest BCUT2D eigenvalue weighted by Gasteiger charge is 2.15. The Labute approximate surface area is 146 Å². The van der Waals surface area contributed by atoms with Crippen LogP contribution in [-0.2, 0) is 13.6 Å². The van der Waals surface area contributed by atoms with Crippen LogP contribution in [0.2, 0.25) is 0 Å². The first-order chi connectivity index (χ1) is 12.5. The van der Waals surface area contributed by atoms with Gasteiger partial charge in [-0.2, -0.15) is 0 Å². The van der Waals surface area contributed by atoms with E-state index in [0.717, 1.165) is 12.1 Å². The molecule has 3 aromatic heterocycles. The maximum absolute atomic E-state index is 13.5. The van der Waals surface area contributed by atoms with Gasteiger partial charge in [0, 0.05) is 31.2 Å². The Bertz CT molecular complexity index is 1170. The van der Waals surface area contributed by atoms with Crippen LogP contribution >= 0.6 is 0 Å². The molecule has 0 aliphatic carbocycles. The van der Waals surface area contributed by atoms with Crippen molar-refractivity contribution in [3.63, 3.8) is 0 Å². The third kappa shape index (κ3) is 2.65. The van der Waals surface area contributed by atoms with Crippen LogP contribution in [0.15, 0.2) is 53.7 Å². The third-order valence-corrected chi connectivity index (χ3v) is 4.15. The van der Waals surface area contributed by atoms with Gasteiger partial charge in [0.05, 0.1) is 12.1 Å². The van der Waals surface area contributed by atoms with Crippen LogP contribution in [0.4, 0.5) is 8.78 Å². The first kappa shape index (κ1) is 16.1. The van der Waals surface area contributed by atoms with E-state index in [9.17, 15) is 13.6 Å². The van der Waals surface area contributed by atoms with E-state index in [1.165, 1.54) is 21.4 Å². The molecule has 3 heterocycles. The molecule has 0 fully saturated rings. The van der Waals surface area contributed by atoms with Crippen molar-refractivity contribution in [3.8, 4) is 11.1 Å². The van der Waals surface area contributed by atoms with E-state index in [0.29, 0.717) is 28.1 Å². The van der Waals surface area contributed by atoms with Crippen LogP contribution < -0.4 is 5.69 Å². The third-order valence-electron chi connectivity index (χ3n) is 4.15. The number of rotatable bonds is 3. The molecule has 0 saturated carbocycles. The van der Waals surface area contributed by atoms with Crippen molar-refractivity contribution in [2.24, 2.45) is 7.05 Å². The summed E-state index contributed by atoms with van der Waals surface area (Å²) in [7, 11) is 1.62. The lowest BCUT2D eigenvalue weighted by Gasteiger charge is -2.05. The molecule has 0 N–H and O–H groups in total. The van der Waals surface area contributed by atoms with E-state index in [-0.39, 0.29) is 12.2 Å². The summed E-state index contributed by atoms with van der Waals surface area (Å²) in [6.07, 6.45) is 4.73. The van der Waals surface area contributed by atoms with Crippen molar-refractivity contribution < 1.29 is 8.78 Å². The fourth-order valence-electron chi connectivity index (χ4n) is 2.82. The molecule has 0 unspecified atom stereocenters. The Hall–Kier alpha value is -3.42. The van der Waals surface area contributed by atoms with E-state index in [2.05, 4.69) is 15.0 Å². The van der Waals surface area contributed by atoms with Crippen LogP contribution in [0.1, 0.15) is 5.82 Å². The number of imidazole rings is 1. The molecule has 4 rings (SSSR count). The number of nitrogens with zero attached hydrogens (tertiary/aromatic N) is 5. The first-order valence-electron chi connectivity index (χ1n) is 7.81. The smallest absolute Gasteiger partial charge is 0.283 e. The van der Waals surface area contributed by atoms with Gasteiger partial charge in [-0.1, -0.05) is 6.07 Å². The molecule has 4 aromatic rings. The topological polar surface area (TPSA) is 65.6 Å². The Kier molecular flexibility index (Phi) is 3.80. The maximum Gasteiger partial charge on any atom is 0.330 e. The Balaban J connectivity index is 1.88. The number of hydrogen-bond donors (Lipinski definition) is 0. The van der Waals surface area contributed by atoms with Crippen molar-refractivity contribution in [1.29, 1.82) is 0 Å². The molecule has 130 valence electrons. The summed E-state index contributed by atoms with van der Waals surface area (Å²) in [5.41, 5.74) is 1.83. The lowest BCUT2D eigenvalue weighted by atomic mass is 10.1. The Morgan fingerprint density at radius 2 is 1.77 bits per heavy atom. The van der Waals surface area contributed by atoms with Crippen molar-refractivity contribution in [3.05, 3.63) is 76.9 Å². The van der Waals surface area contributed by atoms with Gasteiger partial charge in [-0.3, -0.25) is 9.13 Å². The van der Waals surface area contributed by atoms with Crippen molar-refractivity contribution in [2.45, 2.75) is 6.54 Å². The zero-order chi connectivity index (χ0) is 18.3. The molecule has 6 nitrogen and oxygen atoms in total. The molecule has 1 aromatic carbocycles. The van der Waals surface area contributed by atoms with E-state index < -0.39 is 11.6 Å². The predicted molar refractivity (Wildman–Crippen MR) is 91.5 cm³/mol. The van der Waals surface area contributed by atoms with Crippen LogP contribution in [-0.4, -0.2) is 24.1 Å². The number of hydrogen-bond acceptors (Lipinski definition) is 4. The highest BCUT2D eigenvalue weighted by molar-refractivity contribution is 5.78. The summed E-state index contributed by atoms with van der Waals surface area (Å²) in [6.45, 7) is 0.180. The molecule has 8 heteroatoms. The number of fused-ring (bicyclic) bond motifs is 1. The molecular formula is C18H13F2N5O. The second-order valence-corrected chi connectivity index (χ2v) is 5.79. The van der Waals surface area contributed by atoms with E-state index in [4.69, 9.17) is 0 Å². The summed E-state index contributed by atoms with van der Waals surface area (Å²) in [4.78, 5) is 25.2. The number of benzene rings is 1. The fourth-order valence-corrected chi connectivity index (χ4v) is 2.82. The van der Waals surface area contributed by atoms with Crippen LogP contribution in [0.5, 0.6) is 0 Å². The minimum Gasteiger partial charge on any atom is -0.283 e. The van der Waals surface area contributed by atoms with E-state index >= 15 is 0 Å². The van der Waals surface area contributed by atoms with Gasteiger partial charge in [-0.05, 0) is 29.8 Å². The number of aryl methyl sites for hydroxylation is 1. The number of halogens is 2. The van der Waals surface area contributed by atoms with Crippen LogP contribution in [0.25, 0.3) is 22.3 Å². The van der Waals surface area contributed by atoms with Gasteiger partial charge >= 0.3 is 5.69 Å². The van der Waals surface area contributed by atoms with Crippen LogP contribution in [0, 0.1) is 11.6 Å². The summed E-state index contributed by atoms with van der Waals surface area (Å²) in [6, 6.07) is 7.04. The standard InChI is InChI=1S/C18H13F2N5O/c1-24-17-15(25(18(24)26)10-16-21-5-2-6-22-16)8-12(9-23-17)11-3-4-13(19)14(20)7-11/h2-9H,10H2,1H3. The summed E-state index contributed by atoms with van der Waals surface area (Å²) < 4.78 is 29.6. The summed E-state index contributed by atoms with van der Waals surface area (Å²) >= 11 is 0. The first-order valence-corrected chi connectivity index (χ1v) is 7.81.